The first-order chi connectivity index (χ1) is 8.10. The van der Waals surface area contributed by atoms with E-state index >= 15 is 0 Å². The predicted molar refractivity (Wildman–Crippen MR) is 68.8 cm³/mol. The Balaban J connectivity index is 2.55. The third-order valence-corrected chi connectivity index (χ3v) is 3.68. The van der Waals surface area contributed by atoms with Crippen molar-refractivity contribution in [3.8, 4) is 0 Å². The van der Waals surface area contributed by atoms with Crippen LogP contribution in [-0.4, -0.2) is 59.1 Å². The fourth-order valence-corrected chi connectivity index (χ4v) is 2.61. The number of carbonyl (C=O) groups excluding carboxylic acids is 1. The number of likely N-dealkylation sites (N-methyl/N-ethyl adjacent to an activating group) is 1. The topological polar surface area (TPSA) is 43.8 Å². The molecule has 1 aliphatic rings. The van der Waals surface area contributed by atoms with Crippen molar-refractivity contribution in [1.82, 2.24) is 9.80 Å². The number of hydrogen-bond acceptors (Lipinski definition) is 3. The zero-order chi connectivity index (χ0) is 12.8. The first-order valence-corrected chi connectivity index (χ1v) is 6.80. The molecule has 0 aromatic carbocycles. The number of aliphatic hydroxyl groups is 1. The lowest BCUT2D eigenvalue weighted by Crippen LogP contribution is -2.50. The van der Waals surface area contributed by atoms with E-state index in [1.165, 1.54) is 0 Å². The predicted octanol–water partition coefficient (Wildman–Crippen LogP) is 1.09. The van der Waals surface area contributed by atoms with Crippen molar-refractivity contribution < 1.29 is 9.90 Å². The second kappa shape index (κ2) is 6.97. The normalized spacial score (nSPS) is 23.4. The van der Waals surface area contributed by atoms with Crippen molar-refractivity contribution >= 4 is 5.91 Å². The van der Waals surface area contributed by atoms with E-state index in [2.05, 4.69) is 4.90 Å². The summed E-state index contributed by atoms with van der Waals surface area (Å²) >= 11 is 0. The van der Waals surface area contributed by atoms with E-state index in [4.69, 9.17) is 0 Å². The zero-order valence-electron chi connectivity index (χ0n) is 11.4. The molecule has 1 heterocycles. The highest BCUT2D eigenvalue weighted by atomic mass is 16.3. The molecule has 100 valence electrons. The van der Waals surface area contributed by atoms with Gasteiger partial charge >= 0.3 is 0 Å². The van der Waals surface area contributed by atoms with E-state index in [1.54, 1.807) is 0 Å². The minimum atomic E-state index is -0.347. The van der Waals surface area contributed by atoms with Gasteiger partial charge in [0.05, 0.1) is 12.6 Å². The molecular formula is C13H26N2O2. The minimum Gasteiger partial charge on any atom is -0.392 e. The molecule has 2 atom stereocenters. The van der Waals surface area contributed by atoms with Gasteiger partial charge < -0.3 is 10.0 Å². The van der Waals surface area contributed by atoms with Crippen LogP contribution in [0.3, 0.4) is 0 Å². The molecule has 1 saturated heterocycles. The van der Waals surface area contributed by atoms with Gasteiger partial charge in [0, 0.05) is 19.1 Å². The summed E-state index contributed by atoms with van der Waals surface area (Å²) in [6, 6.07) is 0.156. The van der Waals surface area contributed by atoms with Crippen LogP contribution in [0.5, 0.6) is 0 Å². The molecule has 1 fully saturated rings. The molecule has 1 N–H and O–H groups in total. The molecule has 1 aliphatic heterocycles. The van der Waals surface area contributed by atoms with Gasteiger partial charge in [-0.3, -0.25) is 9.69 Å². The van der Waals surface area contributed by atoms with Crippen LogP contribution < -0.4 is 0 Å². The summed E-state index contributed by atoms with van der Waals surface area (Å²) in [5, 5.41) is 9.75. The highest BCUT2D eigenvalue weighted by Gasteiger charge is 2.28. The average molecular weight is 242 g/mol. The highest BCUT2D eigenvalue weighted by molar-refractivity contribution is 5.78. The summed E-state index contributed by atoms with van der Waals surface area (Å²) in [7, 11) is 0. The zero-order valence-corrected chi connectivity index (χ0v) is 11.4. The Hall–Kier alpha value is -0.610. The number of hydrogen-bond donors (Lipinski definition) is 1. The number of carbonyl (C=O) groups is 1. The lowest BCUT2D eigenvalue weighted by Gasteiger charge is -2.37. The van der Waals surface area contributed by atoms with Gasteiger partial charge in [0.2, 0.25) is 5.91 Å². The van der Waals surface area contributed by atoms with Crippen LogP contribution in [0.15, 0.2) is 0 Å². The summed E-state index contributed by atoms with van der Waals surface area (Å²) in [6.45, 7) is 8.75. The Morgan fingerprint density at radius 2 is 2.06 bits per heavy atom. The lowest BCUT2D eigenvalue weighted by molar-refractivity contribution is -0.133. The Kier molecular flexibility index (Phi) is 5.92. The van der Waals surface area contributed by atoms with Crippen molar-refractivity contribution in [2.24, 2.45) is 0 Å². The maximum Gasteiger partial charge on any atom is 0.236 e. The van der Waals surface area contributed by atoms with E-state index in [9.17, 15) is 9.90 Å². The molecule has 0 aromatic heterocycles. The van der Waals surface area contributed by atoms with Crippen LogP contribution >= 0.6 is 0 Å². The van der Waals surface area contributed by atoms with Crippen molar-refractivity contribution in [3.63, 3.8) is 0 Å². The summed E-state index contributed by atoms with van der Waals surface area (Å²) in [4.78, 5) is 16.0. The summed E-state index contributed by atoms with van der Waals surface area (Å²) in [5.41, 5.74) is 0. The molecular weight excluding hydrogens is 216 g/mol. The molecule has 1 amide bonds. The monoisotopic (exact) mass is 242 g/mol. The Bertz CT molecular complexity index is 240. The SMILES string of the molecule is CCN(CC)C(=O)CN1CCCCC1C(C)O. The summed E-state index contributed by atoms with van der Waals surface area (Å²) < 4.78 is 0. The largest absolute Gasteiger partial charge is 0.392 e. The molecule has 0 aromatic rings. The van der Waals surface area contributed by atoms with Gasteiger partial charge in [0.15, 0.2) is 0 Å². The molecule has 0 saturated carbocycles. The van der Waals surface area contributed by atoms with Crippen LogP contribution in [0.25, 0.3) is 0 Å². The number of nitrogens with zero attached hydrogens (tertiary/aromatic N) is 2. The molecule has 0 spiro atoms. The van der Waals surface area contributed by atoms with Crippen molar-refractivity contribution in [1.29, 1.82) is 0 Å². The van der Waals surface area contributed by atoms with E-state index in [0.717, 1.165) is 38.9 Å². The Morgan fingerprint density at radius 3 is 2.59 bits per heavy atom. The number of aliphatic hydroxyl groups excluding tert-OH is 1. The summed E-state index contributed by atoms with van der Waals surface area (Å²) in [5.74, 6) is 0.183. The molecule has 2 unspecified atom stereocenters. The van der Waals surface area contributed by atoms with E-state index in [0.29, 0.717) is 6.54 Å². The van der Waals surface area contributed by atoms with E-state index in [1.807, 2.05) is 25.7 Å². The van der Waals surface area contributed by atoms with Gasteiger partial charge in [0.1, 0.15) is 0 Å². The lowest BCUT2D eigenvalue weighted by atomic mass is 9.98. The number of amides is 1. The van der Waals surface area contributed by atoms with Crippen molar-refractivity contribution in [2.75, 3.05) is 26.2 Å². The van der Waals surface area contributed by atoms with Gasteiger partial charge in [-0.25, -0.2) is 0 Å². The summed E-state index contributed by atoms with van der Waals surface area (Å²) in [6.07, 6.45) is 2.95. The first-order valence-electron chi connectivity index (χ1n) is 6.80. The second-order valence-electron chi connectivity index (χ2n) is 4.84. The molecule has 0 bridgehead atoms. The quantitative estimate of drug-likeness (QED) is 0.785. The van der Waals surface area contributed by atoms with Crippen LogP contribution in [0.1, 0.15) is 40.0 Å². The van der Waals surface area contributed by atoms with Crippen LogP contribution in [0, 0.1) is 0 Å². The van der Waals surface area contributed by atoms with E-state index in [-0.39, 0.29) is 18.1 Å². The van der Waals surface area contributed by atoms with Gasteiger partial charge in [-0.05, 0) is 40.2 Å². The fraction of sp³-hybridized carbons (Fsp3) is 0.923. The number of rotatable bonds is 5. The minimum absolute atomic E-state index is 0.156. The fourth-order valence-electron chi connectivity index (χ4n) is 2.61. The molecule has 17 heavy (non-hydrogen) atoms. The van der Waals surface area contributed by atoms with Gasteiger partial charge in [-0.15, -0.1) is 0 Å². The van der Waals surface area contributed by atoms with Gasteiger partial charge in [-0.1, -0.05) is 6.42 Å². The second-order valence-corrected chi connectivity index (χ2v) is 4.84. The van der Waals surface area contributed by atoms with Crippen molar-refractivity contribution in [3.05, 3.63) is 0 Å². The molecule has 0 aliphatic carbocycles. The number of likely N-dealkylation sites (tertiary alicyclic amines) is 1. The highest BCUT2D eigenvalue weighted by Crippen LogP contribution is 2.19. The molecule has 4 nitrogen and oxygen atoms in total. The van der Waals surface area contributed by atoms with Crippen molar-refractivity contribution in [2.45, 2.75) is 52.2 Å². The molecule has 4 heteroatoms. The molecule has 1 rings (SSSR count). The first kappa shape index (κ1) is 14.5. The van der Waals surface area contributed by atoms with E-state index < -0.39 is 0 Å². The third kappa shape index (κ3) is 3.96. The smallest absolute Gasteiger partial charge is 0.236 e. The Labute approximate surface area is 105 Å². The Morgan fingerprint density at radius 1 is 1.41 bits per heavy atom. The van der Waals surface area contributed by atoms with Crippen LogP contribution in [-0.2, 0) is 4.79 Å². The van der Waals surface area contributed by atoms with Gasteiger partial charge in [-0.2, -0.15) is 0 Å². The van der Waals surface area contributed by atoms with Crippen LogP contribution in [0.4, 0.5) is 0 Å². The van der Waals surface area contributed by atoms with Gasteiger partial charge in [0.25, 0.3) is 0 Å². The number of piperidine rings is 1. The van der Waals surface area contributed by atoms with Crippen LogP contribution in [0.2, 0.25) is 0 Å². The maximum atomic E-state index is 12.0. The maximum absolute atomic E-state index is 12.0. The average Bonchev–Trinajstić information content (AvgIpc) is 2.31. The third-order valence-electron chi connectivity index (χ3n) is 3.68. The standard InChI is InChI=1S/C13H26N2O2/c1-4-14(5-2)13(17)10-15-9-7-6-8-12(15)11(3)16/h11-12,16H,4-10H2,1-3H3. The molecule has 0 radical (unpaired) electrons.